The molecule has 8 nitrogen and oxygen atoms in total. The molecule has 2 aliphatic carbocycles. The summed E-state index contributed by atoms with van der Waals surface area (Å²) in [6.07, 6.45) is 16.5. The zero-order valence-corrected chi connectivity index (χ0v) is 36.6. The van der Waals surface area contributed by atoms with Gasteiger partial charge in [0.25, 0.3) is 0 Å². The number of hydrogen-bond acceptors (Lipinski definition) is 7. The lowest BCUT2D eigenvalue weighted by Gasteiger charge is -2.30. The molecule has 0 atom stereocenters. The number of carbonyl (C=O) groups is 2. The molecule has 340 valence electrons. The Morgan fingerprint density at radius 2 is 0.919 bits per heavy atom. The number of nitrogens with zero attached hydrogens (tertiary/aromatic N) is 2. The number of hydrogen-bond donors (Lipinski definition) is 1. The lowest BCUT2D eigenvalue weighted by molar-refractivity contribution is -0.149. The Hall–Kier alpha value is -4.14. The van der Waals surface area contributed by atoms with E-state index in [-0.39, 0.29) is 32.7 Å². The zero-order valence-electron chi connectivity index (χ0n) is 36.6. The summed E-state index contributed by atoms with van der Waals surface area (Å²) >= 11 is 0. The number of piperidine rings is 2. The van der Waals surface area contributed by atoms with Crippen molar-refractivity contribution in [3.05, 3.63) is 83.9 Å². The largest absolute Gasteiger partial charge is 0.490 e. The molecule has 0 aromatic heterocycles. The Balaban J connectivity index is 0.000000227. The van der Waals surface area contributed by atoms with Crippen LogP contribution in [0.25, 0.3) is 21.5 Å². The van der Waals surface area contributed by atoms with Gasteiger partial charge in [0.2, 0.25) is 0 Å². The molecule has 0 bridgehead atoms. The summed E-state index contributed by atoms with van der Waals surface area (Å²) in [5.41, 5.74) is 2.62. The fraction of sp³-hybridized carbons (Fsp3) is 0.593. The average Bonchev–Trinajstić information content (AvgIpc) is 3.28. The van der Waals surface area contributed by atoms with Crippen LogP contribution in [-0.4, -0.2) is 71.8 Å². The van der Waals surface area contributed by atoms with Crippen molar-refractivity contribution in [1.29, 1.82) is 0 Å². The Bertz CT molecular complexity index is 1980. The quantitative estimate of drug-likeness (QED) is 0.133. The van der Waals surface area contributed by atoms with Gasteiger partial charge in [0.05, 0.1) is 30.7 Å². The van der Waals surface area contributed by atoms with Gasteiger partial charge < -0.3 is 19.3 Å². The van der Waals surface area contributed by atoms with Crippen molar-refractivity contribution in [3.8, 4) is 11.5 Å². The molecule has 2 heterocycles. The number of carbonyl (C=O) groups excluding carboxylic acids is 1. The summed E-state index contributed by atoms with van der Waals surface area (Å²) in [4.78, 5) is 27.9. The van der Waals surface area contributed by atoms with Gasteiger partial charge in [-0.05, 0) is 191 Å². The van der Waals surface area contributed by atoms with Gasteiger partial charge in [-0.3, -0.25) is 19.4 Å². The Morgan fingerprint density at radius 3 is 1.31 bits per heavy atom. The lowest BCUT2D eigenvalue weighted by Crippen LogP contribution is -2.36. The molecule has 2 saturated heterocycles. The van der Waals surface area contributed by atoms with Gasteiger partial charge in [0.1, 0.15) is 11.5 Å². The van der Waals surface area contributed by atoms with Crippen LogP contribution in [0.2, 0.25) is 0 Å². The Kier molecular flexibility index (Phi) is 19.0. The molecule has 62 heavy (non-hydrogen) atoms. The summed E-state index contributed by atoms with van der Waals surface area (Å²) in [7, 11) is 0. The van der Waals surface area contributed by atoms with E-state index in [2.05, 4.69) is 96.4 Å². The molecular weight excluding hydrogens is 773 g/mol. The number of aliphatic carboxylic acids is 1. The molecular formula is C54H78N2O6. The van der Waals surface area contributed by atoms with Crippen molar-refractivity contribution < 1.29 is 28.9 Å². The average molecular weight is 851 g/mol. The SMILES string of the molecule is C.C.CCC1CCC(Oc2ccc3cc(CN4CCC(C(=O)O)CC4)ccc3c2)CC1.CCOC(=O)C1CCN(Cc2ccc3cc(OC4CCC(CC)CC4)ccc3c2)CC1. The lowest BCUT2D eigenvalue weighted by atomic mass is 9.86. The van der Waals surface area contributed by atoms with Gasteiger partial charge in [0, 0.05) is 13.1 Å². The molecule has 4 fully saturated rings. The van der Waals surface area contributed by atoms with E-state index >= 15 is 0 Å². The van der Waals surface area contributed by atoms with Gasteiger partial charge in [-0.25, -0.2) is 0 Å². The highest BCUT2D eigenvalue weighted by atomic mass is 16.5. The van der Waals surface area contributed by atoms with Crippen molar-refractivity contribution in [2.24, 2.45) is 23.7 Å². The number of benzene rings is 4. The number of rotatable bonds is 13. The fourth-order valence-corrected chi connectivity index (χ4v) is 10.0. The van der Waals surface area contributed by atoms with Crippen molar-refractivity contribution >= 4 is 33.5 Å². The van der Waals surface area contributed by atoms with E-state index in [1.165, 1.54) is 96.9 Å². The standard InChI is InChI=1S/C27H37NO3.C25H33NO3.2CH4/c1-3-20-6-10-25(11-7-20)31-26-12-9-23-17-21(5-8-24(23)18-26)19-28-15-13-22(14-16-28)27(29)30-4-2;1-2-18-4-8-23(9-5-18)29-24-10-7-21-15-19(3-6-22(21)16-24)17-26-13-11-20(12-14-26)25(27)28;;/h5,8-9,12,17-18,20,22,25H,3-4,6-7,10-11,13-16,19H2,1-2H3;3,6-7,10,15-16,18,20,23H,2,4-5,8-9,11-14,17H2,1H3,(H,27,28);2*1H4. The highest BCUT2D eigenvalue weighted by molar-refractivity contribution is 5.85. The summed E-state index contributed by atoms with van der Waals surface area (Å²) in [5, 5.41) is 14.1. The van der Waals surface area contributed by atoms with Crippen molar-refractivity contribution in [1.82, 2.24) is 9.80 Å². The fourth-order valence-electron chi connectivity index (χ4n) is 10.0. The predicted molar refractivity (Wildman–Crippen MR) is 255 cm³/mol. The first-order valence-corrected chi connectivity index (χ1v) is 23.5. The van der Waals surface area contributed by atoms with Crippen LogP contribution in [0.1, 0.15) is 137 Å². The van der Waals surface area contributed by atoms with Crippen LogP contribution in [0.4, 0.5) is 0 Å². The molecule has 4 aliphatic rings. The van der Waals surface area contributed by atoms with Crippen LogP contribution in [-0.2, 0) is 27.4 Å². The number of carboxylic acid groups (broad SMARTS) is 1. The van der Waals surface area contributed by atoms with Crippen molar-refractivity contribution in [3.63, 3.8) is 0 Å². The molecule has 8 rings (SSSR count). The second-order valence-electron chi connectivity index (χ2n) is 18.2. The summed E-state index contributed by atoms with van der Waals surface area (Å²) in [5.74, 6) is 3.01. The van der Waals surface area contributed by atoms with Crippen LogP contribution in [0.15, 0.2) is 72.8 Å². The first kappa shape index (κ1) is 48.9. The van der Waals surface area contributed by atoms with Gasteiger partial charge in [-0.1, -0.05) is 77.9 Å². The minimum Gasteiger partial charge on any atom is -0.490 e. The third kappa shape index (κ3) is 13.7. The van der Waals surface area contributed by atoms with Crippen LogP contribution in [0, 0.1) is 23.7 Å². The third-order valence-electron chi connectivity index (χ3n) is 14.1. The molecule has 8 heteroatoms. The maximum atomic E-state index is 11.9. The second kappa shape index (κ2) is 24.1. The van der Waals surface area contributed by atoms with Crippen molar-refractivity contribution in [2.75, 3.05) is 32.8 Å². The number of esters is 1. The van der Waals surface area contributed by atoms with Crippen LogP contribution in [0.5, 0.6) is 11.5 Å². The van der Waals surface area contributed by atoms with Gasteiger partial charge >= 0.3 is 11.9 Å². The molecule has 0 radical (unpaired) electrons. The molecule has 2 saturated carbocycles. The van der Waals surface area contributed by atoms with Crippen LogP contribution < -0.4 is 9.47 Å². The van der Waals surface area contributed by atoms with E-state index < -0.39 is 5.97 Å². The minimum absolute atomic E-state index is 0. The van der Waals surface area contributed by atoms with E-state index in [9.17, 15) is 9.59 Å². The van der Waals surface area contributed by atoms with Crippen LogP contribution in [0.3, 0.4) is 0 Å². The summed E-state index contributed by atoms with van der Waals surface area (Å²) in [6, 6.07) is 26.3. The number of carboxylic acids is 1. The predicted octanol–water partition coefficient (Wildman–Crippen LogP) is 12.7. The van der Waals surface area contributed by atoms with Crippen LogP contribution >= 0.6 is 0 Å². The Labute approximate surface area is 373 Å². The van der Waals surface area contributed by atoms with Gasteiger partial charge in [0.15, 0.2) is 0 Å². The second-order valence-corrected chi connectivity index (χ2v) is 18.2. The van der Waals surface area contributed by atoms with E-state index in [1.807, 2.05) is 6.92 Å². The number of fused-ring (bicyclic) bond motifs is 2. The molecule has 0 spiro atoms. The maximum absolute atomic E-state index is 11.9. The van der Waals surface area contributed by atoms with E-state index in [0.717, 1.165) is 88.3 Å². The van der Waals surface area contributed by atoms with Gasteiger partial charge in [-0.2, -0.15) is 0 Å². The first-order valence-electron chi connectivity index (χ1n) is 23.5. The molecule has 2 aliphatic heterocycles. The normalized spacial score (nSPS) is 22.7. The van der Waals surface area contributed by atoms with Gasteiger partial charge in [-0.15, -0.1) is 0 Å². The monoisotopic (exact) mass is 851 g/mol. The summed E-state index contributed by atoms with van der Waals surface area (Å²) < 4.78 is 17.8. The van der Waals surface area contributed by atoms with E-state index in [0.29, 0.717) is 18.8 Å². The number of ether oxygens (including phenoxy) is 3. The van der Waals surface area contributed by atoms with E-state index in [1.54, 1.807) is 0 Å². The highest BCUT2D eigenvalue weighted by Gasteiger charge is 2.27. The Morgan fingerprint density at radius 1 is 0.532 bits per heavy atom. The highest BCUT2D eigenvalue weighted by Crippen LogP contribution is 2.33. The molecule has 1 N–H and O–H groups in total. The molecule has 4 aromatic carbocycles. The topological polar surface area (TPSA) is 88.5 Å². The minimum atomic E-state index is -0.646. The first-order chi connectivity index (χ1) is 29.2. The smallest absolute Gasteiger partial charge is 0.309 e. The van der Waals surface area contributed by atoms with E-state index in [4.69, 9.17) is 19.3 Å². The number of likely N-dealkylation sites (tertiary alicyclic amines) is 2. The zero-order chi connectivity index (χ0) is 41.8. The molecule has 0 unspecified atom stereocenters. The maximum Gasteiger partial charge on any atom is 0.309 e. The molecule has 4 aromatic rings. The summed E-state index contributed by atoms with van der Waals surface area (Å²) in [6.45, 7) is 12.4. The molecule has 0 amide bonds. The van der Waals surface area contributed by atoms with Crippen molar-refractivity contribution in [2.45, 2.75) is 151 Å². The third-order valence-corrected chi connectivity index (χ3v) is 14.1.